The van der Waals surface area contributed by atoms with Crippen molar-refractivity contribution in [3.05, 3.63) is 0 Å². The first-order valence-corrected chi connectivity index (χ1v) is 9.28. The predicted octanol–water partition coefficient (Wildman–Crippen LogP) is 5.75. The first-order valence-electron chi connectivity index (χ1n) is 9.28. The molecule has 122 valence electrons. The molecule has 0 atom stereocenters. The molecule has 21 heavy (non-hydrogen) atoms. The van der Waals surface area contributed by atoms with E-state index < -0.39 is 0 Å². The Balaban J connectivity index is 1.92. The zero-order valence-electron chi connectivity index (χ0n) is 14.7. The molecule has 0 aromatic heterocycles. The normalized spacial score (nSPS) is 28.9. The second kappa shape index (κ2) is 7.50. The fourth-order valence-electron chi connectivity index (χ4n) is 3.55. The highest BCUT2D eigenvalue weighted by molar-refractivity contribution is 6.47. The minimum absolute atomic E-state index is 0.0120. The van der Waals surface area contributed by atoms with Gasteiger partial charge < -0.3 is 9.31 Å². The molecule has 0 radical (unpaired) electrons. The van der Waals surface area contributed by atoms with Crippen LogP contribution in [0, 0.1) is 0 Å². The minimum Gasteiger partial charge on any atom is -0.403 e. The van der Waals surface area contributed by atoms with E-state index in [0.717, 1.165) is 0 Å². The first kappa shape index (κ1) is 17.3. The molecule has 1 saturated heterocycles. The van der Waals surface area contributed by atoms with Crippen molar-refractivity contribution in [2.75, 3.05) is 0 Å². The maximum atomic E-state index is 6.31. The van der Waals surface area contributed by atoms with Crippen LogP contribution in [0.3, 0.4) is 0 Å². The van der Waals surface area contributed by atoms with E-state index in [4.69, 9.17) is 9.31 Å². The Labute approximate surface area is 132 Å². The molecule has 0 spiro atoms. The third-order valence-electron chi connectivity index (χ3n) is 5.81. The van der Waals surface area contributed by atoms with E-state index in [0.29, 0.717) is 5.82 Å². The maximum absolute atomic E-state index is 6.31. The Hall–Kier alpha value is -0.0151. The van der Waals surface area contributed by atoms with Crippen molar-refractivity contribution in [2.24, 2.45) is 0 Å². The van der Waals surface area contributed by atoms with Gasteiger partial charge in [0.1, 0.15) is 0 Å². The van der Waals surface area contributed by atoms with E-state index in [9.17, 15) is 0 Å². The Morgan fingerprint density at radius 1 is 0.619 bits per heavy atom. The molecule has 1 aliphatic carbocycles. The van der Waals surface area contributed by atoms with Gasteiger partial charge in [-0.3, -0.25) is 0 Å². The first-order chi connectivity index (χ1) is 9.92. The summed E-state index contributed by atoms with van der Waals surface area (Å²) in [4.78, 5) is 0. The van der Waals surface area contributed by atoms with Gasteiger partial charge in [-0.2, -0.15) is 0 Å². The lowest BCUT2D eigenvalue weighted by Crippen LogP contribution is -2.41. The molecular formula is C18H35BO2. The maximum Gasteiger partial charge on any atom is 0.461 e. The van der Waals surface area contributed by atoms with Crippen molar-refractivity contribution >= 4 is 7.12 Å². The molecule has 2 fully saturated rings. The molecule has 1 saturated carbocycles. The zero-order valence-corrected chi connectivity index (χ0v) is 14.7. The van der Waals surface area contributed by atoms with Gasteiger partial charge in [-0.05, 0) is 33.5 Å². The quantitative estimate of drug-likeness (QED) is 0.573. The van der Waals surface area contributed by atoms with E-state index in [-0.39, 0.29) is 18.3 Å². The Bertz CT molecular complexity index is 286. The molecule has 0 unspecified atom stereocenters. The van der Waals surface area contributed by atoms with Crippen LogP contribution in [0.15, 0.2) is 0 Å². The van der Waals surface area contributed by atoms with Gasteiger partial charge in [0.25, 0.3) is 0 Å². The van der Waals surface area contributed by atoms with Crippen molar-refractivity contribution in [3.8, 4) is 0 Å². The molecule has 2 nitrogen and oxygen atoms in total. The summed E-state index contributed by atoms with van der Waals surface area (Å²) in [6, 6.07) is 0. The topological polar surface area (TPSA) is 18.5 Å². The van der Waals surface area contributed by atoms with Crippen molar-refractivity contribution in [2.45, 2.75) is 115 Å². The van der Waals surface area contributed by atoms with E-state index in [2.05, 4.69) is 27.7 Å². The van der Waals surface area contributed by atoms with Crippen LogP contribution in [0.1, 0.15) is 98.3 Å². The van der Waals surface area contributed by atoms with Gasteiger partial charge in [-0.1, -0.05) is 70.6 Å². The fraction of sp³-hybridized carbons (Fsp3) is 1.00. The number of rotatable bonds is 1. The molecule has 2 rings (SSSR count). The summed E-state index contributed by atoms with van der Waals surface area (Å²) in [7, 11) is 0.0120. The molecule has 1 aliphatic heterocycles. The third kappa shape index (κ3) is 4.73. The smallest absolute Gasteiger partial charge is 0.403 e. The molecule has 0 amide bonds. The molecule has 3 heteroatoms. The van der Waals surface area contributed by atoms with Crippen LogP contribution in [0.2, 0.25) is 5.82 Å². The third-order valence-corrected chi connectivity index (χ3v) is 5.81. The van der Waals surface area contributed by atoms with Gasteiger partial charge in [0, 0.05) is 0 Å². The van der Waals surface area contributed by atoms with Gasteiger partial charge in [0.05, 0.1) is 11.2 Å². The van der Waals surface area contributed by atoms with Crippen LogP contribution in [0.4, 0.5) is 0 Å². The average Bonchev–Trinajstić information content (AvgIpc) is 2.59. The second-order valence-corrected chi connectivity index (χ2v) is 8.14. The van der Waals surface area contributed by atoms with Gasteiger partial charge in [-0.15, -0.1) is 0 Å². The minimum atomic E-state index is -0.179. The zero-order chi connectivity index (χ0) is 15.3. The van der Waals surface area contributed by atoms with Crippen molar-refractivity contribution in [3.63, 3.8) is 0 Å². The summed E-state index contributed by atoms with van der Waals surface area (Å²) >= 11 is 0. The number of hydrogen-bond acceptors (Lipinski definition) is 2. The lowest BCUT2D eigenvalue weighted by atomic mass is 9.66. The van der Waals surface area contributed by atoms with Crippen LogP contribution >= 0.6 is 0 Å². The van der Waals surface area contributed by atoms with E-state index in [1.807, 2.05) is 0 Å². The highest BCUT2D eigenvalue weighted by Gasteiger charge is 2.53. The van der Waals surface area contributed by atoms with Gasteiger partial charge in [-0.25, -0.2) is 0 Å². The highest BCUT2D eigenvalue weighted by atomic mass is 16.7. The second-order valence-electron chi connectivity index (χ2n) is 8.14. The summed E-state index contributed by atoms with van der Waals surface area (Å²) in [6.45, 7) is 8.68. The molecule has 2 aliphatic rings. The van der Waals surface area contributed by atoms with E-state index in [1.165, 1.54) is 70.6 Å². The molecule has 0 aromatic carbocycles. The predicted molar refractivity (Wildman–Crippen MR) is 90.6 cm³/mol. The average molecular weight is 294 g/mol. The van der Waals surface area contributed by atoms with Gasteiger partial charge in [0.15, 0.2) is 0 Å². The standard InChI is InChI=1S/C18H35BO2/c1-17(2)18(3,4)21-19(20-17)16-14-12-10-8-6-5-7-9-11-13-15-16/h16H,5-15H2,1-4H3. The number of hydrogen-bond donors (Lipinski definition) is 0. The van der Waals surface area contributed by atoms with Crippen molar-refractivity contribution < 1.29 is 9.31 Å². The summed E-state index contributed by atoms with van der Waals surface area (Å²) in [5.74, 6) is 0.588. The van der Waals surface area contributed by atoms with Crippen molar-refractivity contribution in [1.29, 1.82) is 0 Å². The van der Waals surface area contributed by atoms with E-state index in [1.54, 1.807) is 0 Å². The Morgan fingerprint density at radius 3 is 1.33 bits per heavy atom. The van der Waals surface area contributed by atoms with Crippen LogP contribution in [-0.2, 0) is 9.31 Å². The van der Waals surface area contributed by atoms with E-state index >= 15 is 0 Å². The van der Waals surface area contributed by atoms with Gasteiger partial charge in [0.2, 0.25) is 0 Å². The van der Waals surface area contributed by atoms with Crippen LogP contribution < -0.4 is 0 Å². The summed E-state index contributed by atoms with van der Waals surface area (Å²) in [5, 5.41) is 0. The van der Waals surface area contributed by atoms with Crippen molar-refractivity contribution in [1.82, 2.24) is 0 Å². The lowest BCUT2D eigenvalue weighted by molar-refractivity contribution is 0.00578. The summed E-state index contributed by atoms with van der Waals surface area (Å²) in [6.07, 6.45) is 15.1. The monoisotopic (exact) mass is 294 g/mol. The molecule has 1 heterocycles. The highest BCUT2D eigenvalue weighted by Crippen LogP contribution is 2.42. The Kier molecular flexibility index (Phi) is 6.20. The fourth-order valence-corrected chi connectivity index (χ4v) is 3.55. The molecule has 0 N–H and O–H groups in total. The van der Waals surface area contributed by atoms with Crippen LogP contribution in [0.5, 0.6) is 0 Å². The lowest BCUT2D eigenvalue weighted by Gasteiger charge is -2.32. The SMILES string of the molecule is CC1(C)OB(C2CCCCCCCCCCC2)OC1(C)C. The largest absolute Gasteiger partial charge is 0.461 e. The Morgan fingerprint density at radius 2 is 0.952 bits per heavy atom. The molecular weight excluding hydrogens is 259 g/mol. The summed E-state index contributed by atoms with van der Waals surface area (Å²) in [5.41, 5.74) is -0.358. The molecule has 0 aromatic rings. The summed E-state index contributed by atoms with van der Waals surface area (Å²) < 4.78 is 12.6. The van der Waals surface area contributed by atoms with Crippen LogP contribution in [0.25, 0.3) is 0 Å². The van der Waals surface area contributed by atoms with Gasteiger partial charge >= 0.3 is 7.12 Å². The molecule has 0 bridgehead atoms. The van der Waals surface area contributed by atoms with Crippen LogP contribution in [-0.4, -0.2) is 18.3 Å².